The van der Waals surface area contributed by atoms with Crippen molar-refractivity contribution in [3.63, 3.8) is 0 Å². The Morgan fingerprint density at radius 1 is 1.42 bits per heavy atom. The van der Waals surface area contributed by atoms with Crippen LogP contribution in [0.15, 0.2) is 18.5 Å². The lowest BCUT2D eigenvalue weighted by atomic mass is 10.0. The van der Waals surface area contributed by atoms with Crippen molar-refractivity contribution >= 4 is 11.9 Å². The van der Waals surface area contributed by atoms with Crippen LogP contribution in [0.5, 0.6) is 0 Å². The van der Waals surface area contributed by atoms with Crippen LogP contribution >= 0.6 is 0 Å². The molecule has 1 aromatic rings. The molecule has 1 aliphatic heterocycles. The molecular weight excluding hydrogens is 308 g/mol. The van der Waals surface area contributed by atoms with Gasteiger partial charge in [0.2, 0.25) is 5.91 Å². The lowest BCUT2D eigenvalue weighted by molar-refractivity contribution is -0.122. The number of urea groups is 1. The van der Waals surface area contributed by atoms with Crippen molar-refractivity contribution in [1.29, 1.82) is 0 Å². The molecule has 0 bridgehead atoms. The van der Waals surface area contributed by atoms with E-state index in [-0.39, 0.29) is 30.8 Å². The highest BCUT2D eigenvalue weighted by atomic mass is 16.3. The molecule has 0 spiro atoms. The van der Waals surface area contributed by atoms with Crippen LogP contribution in [-0.4, -0.2) is 59.7 Å². The molecule has 1 saturated heterocycles. The molecule has 0 aromatic carbocycles. The maximum Gasteiger partial charge on any atom is 0.317 e. The predicted molar refractivity (Wildman–Crippen MR) is 90.4 cm³/mol. The SMILES string of the molecule is CNC(=O)C[C@@H]1CN(C(=O)NCCCc2ccncc2C)C[C@H]1O. The van der Waals surface area contributed by atoms with Gasteiger partial charge in [-0.2, -0.15) is 0 Å². The number of aliphatic hydroxyl groups excluding tert-OH is 1. The Kier molecular flexibility index (Phi) is 6.54. The smallest absolute Gasteiger partial charge is 0.317 e. The highest BCUT2D eigenvalue weighted by Crippen LogP contribution is 2.20. The van der Waals surface area contributed by atoms with E-state index in [2.05, 4.69) is 15.6 Å². The summed E-state index contributed by atoms with van der Waals surface area (Å²) in [6.07, 6.45) is 4.94. The molecule has 24 heavy (non-hydrogen) atoms. The lowest BCUT2D eigenvalue weighted by Crippen LogP contribution is -2.39. The molecule has 2 atom stereocenters. The van der Waals surface area contributed by atoms with Crippen molar-refractivity contribution in [2.75, 3.05) is 26.7 Å². The molecule has 2 heterocycles. The van der Waals surface area contributed by atoms with Gasteiger partial charge in [0.25, 0.3) is 0 Å². The third kappa shape index (κ3) is 4.92. The van der Waals surface area contributed by atoms with Crippen molar-refractivity contribution in [2.45, 2.75) is 32.3 Å². The van der Waals surface area contributed by atoms with Crippen molar-refractivity contribution in [2.24, 2.45) is 5.92 Å². The number of aromatic nitrogens is 1. The molecule has 0 unspecified atom stereocenters. The summed E-state index contributed by atoms with van der Waals surface area (Å²) in [5, 5.41) is 15.4. The molecule has 3 N–H and O–H groups in total. The van der Waals surface area contributed by atoms with Crippen molar-refractivity contribution in [3.8, 4) is 0 Å². The zero-order valence-electron chi connectivity index (χ0n) is 14.3. The molecule has 1 fully saturated rings. The van der Waals surface area contributed by atoms with Crippen molar-refractivity contribution in [1.82, 2.24) is 20.5 Å². The number of hydrogen-bond acceptors (Lipinski definition) is 4. The van der Waals surface area contributed by atoms with Crippen LogP contribution in [-0.2, 0) is 11.2 Å². The molecule has 1 aromatic heterocycles. The maximum atomic E-state index is 12.2. The molecule has 0 aliphatic carbocycles. The summed E-state index contributed by atoms with van der Waals surface area (Å²) in [7, 11) is 1.57. The first-order valence-electron chi connectivity index (χ1n) is 8.32. The number of rotatable bonds is 6. The number of carbonyl (C=O) groups is 2. The first kappa shape index (κ1) is 18.2. The second kappa shape index (κ2) is 8.63. The van der Waals surface area contributed by atoms with E-state index < -0.39 is 6.10 Å². The fourth-order valence-electron chi connectivity index (χ4n) is 2.93. The number of amides is 3. The highest BCUT2D eigenvalue weighted by molar-refractivity contribution is 5.77. The van der Waals surface area contributed by atoms with Gasteiger partial charge in [-0.1, -0.05) is 0 Å². The van der Waals surface area contributed by atoms with E-state index in [0.29, 0.717) is 13.1 Å². The van der Waals surface area contributed by atoms with Gasteiger partial charge >= 0.3 is 6.03 Å². The van der Waals surface area contributed by atoms with Gasteiger partial charge in [0, 0.05) is 51.4 Å². The summed E-state index contributed by atoms with van der Waals surface area (Å²) in [5.41, 5.74) is 2.39. The van der Waals surface area contributed by atoms with Gasteiger partial charge in [-0.3, -0.25) is 9.78 Å². The second-order valence-corrected chi connectivity index (χ2v) is 6.25. The van der Waals surface area contributed by atoms with E-state index >= 15 is 0 Å². The second-order valence-electron chi connectivity index (χ2n) is 6.25. The number of carbonyl (C=O) groups excluding carboxylic acids is 2. The standard InChI is InChI=1S/C17H26N4O3/c1-12-9-19-7-5-13(12)4-3-6-20-17(24)21-10-14(15(22)11-21)8-16(23)18-2/h5,7,9,14-15,22H,3-4,6,8,10-11H2,1-2H3,(H,18,23)(H,20,24)/t14-,15-/m1/s1. The van der Waals surface area contributed by atoms with Crippen LogP contribution in [0.3, 0.4) is 0 Å². The molecule has 3 amide bonds. The average Bonchev–Trinajstić information content (AvgIpc) is 2.93. The fraction of sp³-hybridized carbons (Fsp3) is 0.588. The zero-order valence-corrected chi connectivity index (χ0v) is 14.3. The van der Waals surface area contributed by atoms with Crippen LogP contribution in [0.4, 0.5) is 4.79 Å². The summed E-state index contributed by atoms with van der Waals surface area (Å²) in [6, 6.07) is 1.82. The van der Waals surface area contributed by atoms with Gasteiger partial charge in [-0.05, 0) is 37.0 Å². The number of aryl methyl sites for hydroxylation is 2. The Morgan fingerprint density at radius 3 is 2.92 bits per heavy atom. The Morgan fingerprint density at radius 2 is 2.21 bits per heavy atom. The van der Waals surface area contributed by atoms with Gasteiger partial charge in [0.1, 0.15) is 0 Å². The maximum absolute atomic E-state index is 12.2. The van der Waals surface area contributed by atoms with E-state index in [0.717, 1.165) is 18.4 Å². The zero-order chi connectivity index (χ0) is 17.5. The molecular formula is C17H26N4O3. The van der Waals surface area contributed by atoms with Gasteiger partial charge in [-0.15, -0.1) is 0 Å². The highest BCUT2D eigenvalue weighted by Gasteiger charge is 2.34. The van der Waals surface area contributed by atoms with Crippen LogP contribution in [0, 0.1) is 12.8 Å². The largest absolute Gasteiger partial charge is 0.391 e. The Balaban J connectivity index is 1.71. The molecule has 0 radical (unpaired) electrons. The molecule has 7 heteroatoms. The van der Waals surface area contributed by atoms with E-state index in [1.807, 2.05) is 19.2 Å². The van der Waals surface area contributed by atoms with Crippen molar-refractivity contribution < 1.29 is 14.7 Å². The minimum Gasteiger partial charge on any atom is -0.391 e. The predicted octanol–water partition coefficient (Wildman–Crippen LogP) is 0.461. The fourth-order valence-corrected chi connectivity index (χ4v) is 2.93. The van der Waals surface area contributed by atoms with E-state index in [4.69, 9.17) is 0 Å². The summed E-state index contributed by atoms with van der Waals surface area (Å²) in [5.74, 6) is -0.316. The molecule has 2 rings (SSSR count). The van der Waals surface area contributed by atoms with E-state index in [1.165, 1.54) is 5.56 Å². The average molecular weight is 334 g/mol. The van der Waals surface area contributed by atoms with Gasteiger partial charge in [0.15, 0.2) is 0 Å². The first-order valence-corrected chi connectivity index (χ1v) is 8.32. The summed E-state index contributed by atoms with van der Waals surface area (Å²) in [4.78, 5) is 29.2. The first-order chi connectivity index (χ1) is 11.5. The van der Waals surface area contributed by atoms with Gasteiger partial charge in [0.05, 0.1) is 6.10 Å². The van der Waals surface area contributed by atoms with Crippen LogP contribution in [0.1, 0.15) is 24.0 Å². The number of hydrogen-bond donors (Lipinski definition) is 3. The van der Waals surface area contributed by atoms with Crippen LogP contribution in [0.25, 0.3) is 0 Å². The monoisotopic (exact) mass is 334 g/mol. The number of likely N-dealkylation sites (tertiary alicyclic amines) is 1. The van der Waals surface area contributed by atoms with Crippen LogP contribution in [0.2, 0.25) is 0 Å². The molecule has 0 saturated carbocycles. The number of nitrogens with one attached hydrogen (secondary N) is 2. The molecule has 1 aliphatic rings. The van der Waals surface area contributed by atoms with Crippen molar-refractivity contribution in [3.05, 3.63) is 29.6 Å². The van der Waals surface area contributed by atoms with Gasteiger partial charge < -0.3 is 20.6 Å². The quantitative estimate of drug-likeness (QED) is 0.659. The summed E-state index contributed by atoms with van der Waals surface area (Å²) in [6.45, 7) is 3.28. The van der Waals surface area contributed by atoms with Gasteiger partial charge in [-0.25, -0.2) is 4.79 Å². The summed E-state index contributed by atoms with van der Waals surface area (Å²) < 4.78 is 0. The Hall–Kier alpha value is -2.15. The number of aliphatic hydroxyl groups is 1. The number of nitrogens with zero attached hydrogens (tertiary/aromatic N) is 2. The number of pyridine rings is 1. The molecule has 132 valence electrons. The third-order valence-electron chi connectivity index (χ3n) is 4.46. The van der Waals surface area contributed by atoms with E-state index in [1.54, 1.807) is 18.1 Å². The topological polar surface area (TPSA) is 94.6 Å². The lowest BCUT2D eigenvalue weighted by Gasteiger charge is -2.17. The Bertz CT molecular complexity index is 579. The summed E-state index contributed by atoms with van der Waals surface area (Å²) >= 11 is 0. The Labute approximate surface area is 142 Å². The number of β-amino-alcohol motifs (C(OH)–C–C–N with tert-alkyl or cyclic N) is 1. The minimum atomic E-state index is -0.646. The normalized spacial score (nSPS) is 20.0. The third-order valence-corrected chi connectivity index (χ3v) is 4.46. The van der Waals surface area contributed by atoms with Crippen LogP contribution < -0.4 is 10.6 Å². The van der Waals surface area contributed by atoms with E-state index in [9.17, 15) is 14.7 Å². The minimum absolute atomic E-state index is 0.117. The molecule has 7 nitrogen and oxygen atoms in total.